The lowest BCUT2D eigenvalue weighted by Crippen LogP contribution is -2.50. The van der Waals surface area contributed by atoms with Gasteiger partial charge in [-0.15, -0.1) is 0 Å². The predicted molar refractivity (Wildman–Crippen MR) is 119 cm³/mol. The maximum atomic E-state index is 12.6. The molecule has 3 aromatic rings. The molecule has 1 amide bonds. The summed E-state index contributed by atoms with van der Waals surface area (Å²) >= 11 is 0. The van der Waals surface area contributed by atoms with Crippen LogP contribution in [-0.2, 0) is 11.3 Å². The van der Waals surface area contributed by atoms with E-state index in [9.17, 15) is 9.59 Å². The molecule has 3 heterocycles. The van der Waals surface area contributed by atoms with Gasteiger partial charge >= 0.3 is 0 Å². The highest BCUT2D eigenvalue weighted by Crippen LogP contribution is 2.20. The first-order valence-corrected chi connectivity index (χ1v) is 10.2. The molecule has 31 heavy (non-hydrogen) atoms. The first kappa shape index (κ1) is 20.5. The van der Waals surface area contributed by atoms with Crippen molar-refractivity contribution < 1.29 is 4.79 Å². The number of amides is 1. The molecule has 1 fully saturated rings. The van der Waals surface area contributed by atoms with E-state index in [1.807, 2.05) is 37.3 Å². The van der Waals surface area contributed by atoms with Crippen LogP contribution in [0.1, 0.15) is 11.3 Å². The third kappa shape index (κ3) is 5.06. The van der Waals surface area contributed by atoms with Gasteiger partial charge in [0.2, 0.25) is 11.9 Å². The molecule has 0 unspecified atom stereocenters. The molecule has 0 saturated carbocycles. The summed E-state index contributed by atoms with van der Waals surface area (Å²) in [6, 6.07) is 13.0. The van der Waals surface area contributed by atoms with Crippen molar-refractivity contribution in [1.82, 2.24) is 24.6 Å². The number of aromatic nitrogens is 4. The van der Waals surface area contributed by atoms with Crippen LogP contribution in [0.2, 0.25) is 0 Å². The Kier molecular flexibility index (Phi) is 5.92. The van der Waals surface area contributed by atoms with Crippen LogP contribution >= 0.6 is 0 Å². The van der Waals surface area contributed by atoms with Gasteiger partial charge in [-0.3, -0.25) is 9.59 Å². The van der Waals surface area contributed by atoms with E-state index < -0.39 is 0 Å². The van der Waals surface area contributed by atoms with E-state index in [0.29, 0.717) is 32.1 Å². The predicted octanol–water partition coefficient (Wildman–Crippen LogP) is 1.74. The third-order valence-electron chi connectivity index (χ3n) is 5.15. The van der Waals surface area contributed by atoms with Gasteiger partial charge in [-0.1, -0.05) is 17.7 Å². The molecule has 9 nitrogen and oxygen atoms in total. The number of anilines is 3. The minimum atomic E-state index is -0.281. The molecule has 1 aliphatic rings. The average Bonchev–Trinajstić information content (AvgIpc) is 2.77. The number of piperazine rings is 1. The van der Waals surface area contributed by atoms with Crippen molar-refractivity contribution in [2.75, 3.05) is 36.4 Å². The molecule has 0 aliphatic carbocycles. The molecule has 9 heteroatoms. The summed E-state index contributed by atoms with van der Waals surface area (Å²) in [6.45, 7) is 6.26. The van der Waals surface area contributed by atoms with Crippen LogP contribution in [0.5, 0.6) is 0 Å². The number of benzene rings is 1. The second kappa shape index (κ2) is 8.95. The number of aryl methyl sites for hydroxylation is 2. The van der Waals surface area contributed by atoms with Crippen LogP contribution in [0, 0.1) is 13.8 Å². The summed E-state index contributed by atoms with van der Waals surface area (Å²) in [6.07, 6.45) is 1.50. The Morgan fingerprint density at radius 3 is 2.48 bits per heavy atom. The van der Waals surface area contributed by atoms with E-state index in [2.05, 4.69) is 32.2 Å². The Morgan fingerprint density at radius 1 is 1.03 bits per heavy atom. The highest BCUT2D eigenvalue weighted by Gasteiger charge is 2.23. The zero-order chi connectivity index (χ0) is 21.8. The standard InChI is InChI=1S/C22H25N7O2/c1-16-5-7-18(8-6-16)25-19-14-17(2)24-22(26-19)28-12-10-27(11-13-28)21(31)15-29-20(30)4-3-9-23-29/h3-9,14H,10-13,15H2,1-2H3,(H,24,25,26). The van der Waals surface area contributed by atoms with Gasteiger partial charge < -0.3 is 15.1 Å². The largest absolute Gasteiger partial charge is 0.340 e. The van der Waals surface area contributed by atoms with Gasteiger partial charge in [0.15, 0.2) is 0 Å². The smallest absolute Gasteiger partial charge is 0.267 e. The van der Waals surface area contributed by atoms with Crippen LogP contribution in [0.3, 0.4) is 0 Å². The lowest BCUT2D eigenvalue weighted by molar-refractivity contribution is -0.132. The number of hydrogen-bond acceptors (Lipinski definition) is 7. The van der Waals surface area contributed by atoms with Crippen molar-refractivity contribution in [2.24, 2.45) is 0 Å². The van der Waals surface area contributed by atoms with Crippen molar-refractivity contribution >= 4 is 23.4 Å². The van der Waals surface area contributed by atoms with E-state index in [-0.39, 0.29) is 18.0 Å². The van der Waals surface area contributed by atoms with Gasteiger partial charge in [0, 0.05) is 55.9 Å². The summed E-state index contributed by atoms with van der Waals surface area (Å²) < 4.78 is 1.18. The quantitative estimate of drug-likeness (QED) is 0.673. The summed E-state index contributed by atoms with van der Waals surface area (Å²) in [5, 5.41) is 7.28. The monoisotopic (exact) mass is 419 g/mol. The molecule has 4 rings (SSSR count). The highest BCUT2D eigenvalue weighted by atomic mass is 16.2. The van der Waals surface area contributed by atoms with Crippen LogP contribution in [0.25, 0.3) is 0 Å². The average molecular weight is 419 g/mol. The first-order valence-electron chi connectivity index (χ1n) is 10.2. The van der Waals surface area contributed by atoms with Crippen LogP contribution in [-0.4, -0.2) is 56.7 Å². The van der Waals surface area contributed by atoms with E-state index in [1.54, 1.807) is 11.0 Å². The van der Waals surface area contributed by atoms with E-state index in [1.165, 1.54) is 22.5 Å². The number of rotatable bonds is 5. The molecule has 1 saturated heterocycles. The van der Waals surface area contributed by atoms with Crippen molar-refractivity contribution in [3.63, 3.8) is 0 Å². The molecule has 0 atom stereocenters. The zero-order valence-electron chi connectivity index (χ0n) is 17.7. The molecule has 0 spiro atoms. The fraction of sp³-hybridized carbons (Fsp3) is 0.318. The molecular formula is C22H25N7O2. The Balaban J connectivity index is 1.39. The Bertz CT molecular complexity index is 1120. The van der Waals surface area contributed by atoms with Gasteiger partial charge in [0.05, 0.1) is 0 Å². The molecule has 0 bridgehead atoms. The van der Waals surface area contributed by atoms with Gasteiger partial charge in [0.1, 0.15) is 12.4 Å². The number of carbonyl (C=O) groups excluding carboxylic acids is 1. The Morgan fingerprint density at radius 2 is 1.77 bits per heavy atom. The molecular weight excluding hydrogens is 394 g/mol. The van der Waals surface area contributed by atoms with Crippen LogP contribution in [0.15, 0.2) is 53.5 Å². The summed E-state index contributed by atoms with van der Waals surface area (Å²) in [4.78, 5) is 37.4. The first-order chi connectivity index (χ1) is 15.0. The lowest BCUT2D eigenvalue weighted by atomic mass is 10.2. The fourth-order valence-corrected chi connectivity index (χ4v) is 3.43. The maximum Gasteiger partial charge on any atom is 0.267 e. The third-order valence-corrected chi connectivity index (χ3v) is 5.15. The van der Waals surface area contributed by atoms with Crippen molar-refractivity contribution in [3.8, 4) is 0 Å². The van der Waals surface area contributed by atoms with E-state index in [4.69, 9.17) is 0 Å². The Hall–Kier alpha value is -3.75. The van der Waals surface area contributed by atoms with Gasteiger partial charge in [0.25, 0.3) is 5.56 Å². The van der Waals surface area contributed by atoms with Gasteiger partial charge in [-0.05, 0) is 32.0 Å². The molecule has 1 aliphatic heterocycles. The second-order valence-corrected chi connectivity index (χ2v) is 7.57. The topological polar surface area (TPSA) is 96.3 Å². The molecule has 1 aromatic carbocycles. The summed E-state index contributed by atoms with van der Waals surface area (Å²) in [5.41, 5.74) is 2.75. The van der Waals surface area contributed by atoms with Crippen LogP contribution in [0.4, 0.5) is 17.5 Å². The number of nitrogens with zero attached hydrogens (tertiary/aromatic N) is 6. The normalized spacial score (nSPS) is 13.9. The number of nitrogens with one attached hydrogen (secondary N) is 1. The molecule has 0 radical (unpaired) electrons. The SMILES string of the molecule is Cc1ccc(Nc2cc(C)nc(N3CCN(C(=O)Cn4ncccc4=O)CC3)n2)cc1. The van der Waals surface area contributed by atoms with Crippen LogP contribution < -0.4 is 15.8 Å². The van der Waals surface area contributed by atoms with E-state index in [0.717, 1.165) is 17.2 Å². The number of hydrogen-bond donors (Lipinski definition) is 1. The minimum absolute atomic E-state index is 0.0504. The van der Waals surface area contributed by atoms with Crippen molar-refractivity contribution in [2.45, 2.75) is 20.4 Å². The molecule has 160 valence electrons. The molecule has 2 aromatic heterocycles. The maximum absolute atomic E-state index is 12.6. The van der Waals surface area contributed by atoms with E-state index >= 15 is 0 Å². The zero-order valence-corrected chi connectivity index (χ0v) is 17.7. The fourth-order valence-electron chi connectivity index (χ4n) is 3.43. The highest BCUT2D eigenvalue weighted by molar-refractivity contribution is 5.76. The van der Waals surface area contributed by atoms with Crippen molar-refractivity contribution in [3.05, 3.63) is 70.3 Å². The van der Waals surface area contributed by atoms with Gasteiger partial charge in [-0.25, -0.2) is 9.67 Å². The van der Waals surface area contributed by atoms with Crippen molar-refractivity contribution in [1.29, 1.82) is 0 Å². The lowest BCUT2D eigenvalue weighted by Gasteiger charge is -2.35. The Labute approximate surface area is 180 Å². The number of carbonyl (C=O) groups is 1. The molecule has 1 N–H and O–H groups in total. The summed E-state index contributed by atoms with van der Waals surface area (Å²) in [5.74, 6) is 1.26. The summed E-state index contributed by atoms with van der Waals surface area (Å²) in [7, 11) is 0. The second-order valence-electron chi connectivity index (χ2n) is 7.57. The van der Waals surface area contributed by atoms with Gasteiger partial charge in [-0.2, -0.15) is 10.1 Å². The minimum Gasteiger partial charge on any atom is -0.340 e.